The van der Waals surface area contributed by atoms with Crippen LogP contribution in [0.5, 0.6) is 0 Å². The van der Waals surface area contributed by atoms with Crippen molar-refractivity contribution >= 4 is 38.8 Å². The number of fused-ring (bicyclic) bond motifs is 2. The third kappa shape index (κ3) is 4.00. The molecule has 10 heteroatoms. The van der Waals surface area contributed by atoms with Crippen LogP contribution in [0.4, 0.5) is 5.82 Å². The summed E-state index contributed by atoms with van der Waals surface area (Å²) in [4.78, 5) is 26.8. The van der Waals surface area contributed by atoms with Crippen molar-refractivity contribution in [1.29, 1.82) is 0 Å². The average Bonchev–Trinajstić information content (AvgIpc) is 3.85. The van der Waals surface area contributed by atoms with Gasteiger partial charge in [0.1, 0.15) is 6.10 Å². The number of carbonyl (C=O) groups is 1. The van der Waals surface area contributed by atoms with Crippen LogP contribution in [-0.2, 0) is 4.79 Å². The Bertz CT molecular complexity index is 1700. The largest absolute Gasteiger partial charge is 0.389 e. The van der Waals surface area contributed by atoms with Crippen LogP contribution < -0.4 is 10.6 Å². The number of halogens is 1. The van der Waals surface area contributed by atoms with Crippen LogP contribution in [0.2, 0.25) is 0 Å². The van der Waals surface area contributed by atoms with E-state index in [-0.39, 0.29) is 17.9 Å². The van der Waals surface area contributed by atoms with E-state index in [2.05, 4.69) is 55.5 Å². The molecule has 7 atom stereocenters. The summed E-state index contributed by atoms with van der Waals surface area (Å²) in [6, 6.07) is 17.6. The highest BCUT2D eigenvalue weighted by atomic mass is 79.9. The Kier molecular flexibility index (Phi) is 5.93. The smallest absolute Gasteiger partial charge is 0.229 e. The van der Waals surface area contributed by atoms with Gasteiger partial charge in [-0.2, -0.15) is 0 Å². The fourth-order valence-electron chi connectivity index (χ4n) is 6.36. The van der Waals surface area contributed by atoms with E-state index in [4.69, 9.17) is 9.97 Å². The molecule has 3 fully saturated rings. The number of carbonyl (C=O) groups excluding carboxylic acids is 1. The van der Waals surface area contributed by atoms with Crippen LogP contribution in [0.3, 0.4) is 0 Å². The molecule has 4 unspecified atom stereocenters. The molecule has 7 rings (SSSR count). The van der Waals surface area contributed by atoms with Gasteiger partial charge in [0.05, 0.1) is 23.9 Å². The lowest BCUT2D eigenvalue weighted by Crippen LogP contribution is -2.41. The molecule has 9 nitrogen and oxygen atoms in total. The second-order valence-electron chi connectivity index (χ2n) is 10.8. The second-order valence-corrected chi connectivity index (χ2v) is 11.8. The van der Waals surface area contributed by atoms with Crippen molar-refractivity contribution in [3.63, 3.8) is 0 Å². The summed E-state index contributed by atoms with van der Waals surface area (Å²) in [6.07, 6.45) is 0.758. The van der Waals surface area contributed by atoms with Gasteiger partial charge in [-0.05, 0) is 48.6 Å². The highest BCUT2D eigenvalue weighted by Gasteiger charge is 2.75. The van der Waals surface area contributed by atoms with Gasteiger partial charge in [-0.3, -0.25) is 4.79 Å². The number of nitrogens with zero attached hydrogens (tertiary/aromatic N) is 4. The summed E-state index contributed by atoms with van der Waals surface area (Å²) in [7, 11) is 1.55. The number of hydrogen-bond acceptors (Lipinski definition) is 7. The van der Waals surface area contributed by atoms with Gasteiger partial charge in [0.2, 0.25) is 11.7 Å². The Labute approximate surface area is 239 Å². The van der Waals surface area contributed by atoms with E-state index in [0.29, 0.717) is 35.1 Å². The van der Waals surface area contributed by atoms with Crippen LogP contribution in [0.15, 0.2) is 65.4 Å². The van der Waals surface area contributed by atoms with Gasteiger partial charge in [-0.25, -0.2) is 15.0 Å². The molecular weight excluding hydrogens is 572 g/mol. The van der Waals surface area contributed by atoms with Gasteiger partial charge in [-0.1, -0.05) is 52.2 Å². The fourth-order valence-corrected chi connectivity index (χ4v) is 6.78. The normalized spacial score (nSPS) is 29.8. The first kappa shape index (κ1) is 25.2. The van der Waals surface area contributed by atoms with Crippen molar-refractivity contribution in [2.24, 2.45) is 11.3 Å². The molecule has 1 amide bonds. The molecule has 4 aromatic rings. The number of aromatic nitrogens is 4. The maximum absolute atomic E-state index is 12.7. The van der Waals surface area contributed by atoms with E-state index < -0.39 is 23.7 Å². The second kappa shape index (κ2) is 9.41. The number of aliphatic hydroxyl groups excluding tert-OH is 2. The van der Waals surface area contributed by atoms with Gasteiger partial charge < -0.3 is 25.4 Å². The first-order valence-corrected chi connectivity index (χ1v) is 14.1. The number of imidazole rings is 1. The molecule has 3 aliphatic carbocycles. The quantitative estimate of drug-likeness (QED) is 0.260. The van der Waals surface area contributed by atoms with Crippen molar-refractivity contribution in [2.75, 3.05) is 12.4 Å². The maximum atomic E-state index is 12.7. The standard InChI is InChI=1S/C30H27BrN6O3/c1-32-29(40)30-14-20(30)24(25(38)26(30)39)37-15-33-23-27(34-21-13-19(21)17-8-5-9-18(31)12-17)35-22(36-28(23)37)11-10-16-6-3-2-4-7-16/h2-9,12,15,19-21,24-26,38-39H,13-14H2,1H3,(H,32,40)(H,34,35,36)/t19?,20?,21?,24-,25+,26?,30-/m1/s1. The minimum atomic E-state index is -1.17. The summed E-state index contributed by atoms with van der Waals surface area (Å²) in [5.74, 6) is 6.96. The molecule has 4 N–H and O–H groups in total. The number of hydrogen-bond donors (Lipinski definition) is 4. The Morgan fingerprint density at radius 2 is 1.95 bits per heavy atom. The number of amides is 1. The molecule has 0 aliphatic heterocycles. The van der Waals surface area contributed by atoms with E-state index in [1.54, 1.807) is 17.9 Å². The summed E-state index contributed by atoms with van der Waals surface area (Å²) in [5, 5.41) is 28.2. The van der Waals surface area contributed by atoms with Crippen LogP contribution >= 0.6 is 15.9 Å². The summed E-state index contributed by atoms with van der Waals surface area (Å²) < 4.78 is 2.83. The van der Waals surface area contributed by atoms with Crippen LogP contribution in [-0.4, -0.2) is 60.9 Å². The number of anilines is 1. The van der Waals surface area contributed by atoms with Crippen molar-refractivity contribution in [3.8, 4) is 11.8 Å². The summed E-state index contributed by atoms with van der Waals surface area (Å²) in [5.41, 5.74) is 2.16. The van der Waals surface area contributed by atoms with E-state index in [0.717, 1.165) is 16.5 Å². The SMILES string of the molecule is CNC(=O)[C@]12CC1[C@@H](n1cnc3c(NC4CC4c4cccc(Br)c4)nc(C#Cc4ccccc4)nc31)[C@H](O)C2O. The molecular formula is C30H27BrN6O3. The third-order valence-electron chi connectivity index (χ3n) is 8.55. The Morgan fingerprint density at radius 3 is 2.73 bits per heavy atom. The Hall–Kier alpha value is -3.78. The minimum absolute atomic E-state index is 0.177. The molecule has 202 valence electrons. The lowest BCUT2D eigenvalue weighted by Gasteiger charge is -2.23. The summed E-state index contributed by atoms with van der Waals surface area (Å²) in [6.45, 7) is 0. The lowest BCUT2D eigenvalue weighted by molar-refractivity contribution is -0.132. The Balaban J connectivity index is 1.27. The zero-order valence-electron chi connectivity index (χ0n) is 21.6. The predicted molar refractivity (Wildman–Crippen MR) is 152 cm³/mol. The van der Waals surface area contributed by atoms with Crippen LogP contribution in [0.25, 0.3) is 11.2 Å². The molecule has 3 aliphatic rings. The zero-order chi connectivity index (χ0) is 27.6. The van der Waals surface area contributed by atoms with Crippen molar-refractivity contribution in [3.05, 3.63) is 82.3 Å². The van der Waals surface area contributed by atoms with Crippen molar-refractivity contribution < 1.29 is 15.0 Å². The monoisotopic (exact) mass is 598 g/mol. The van der Waals surface area contributed by atoms with E-state index in [1.165, 1.54) is 5.56 Å². The van der Waals surface area contributed by atoms with Crippen LogP contribution in [0, 0.1) is 23.2 Å². The Morgan fingerprint density at radius 1 is 1.12 bits per heavy atom. The molecule has 40 heavy (non-hydrogen) atoms. The minimum Gasteiger partial charge on any atom is -0.389 e. The van der Waals surface area contributed by atoms with E-state index in [1.807, 2.05) is 42.5 Å². The predicted octanol–water partition coefficient (Wildman–Crippen LogP) is 2.99. The molecule has 0 bridgehead atoms. The molecule has 2 heterocycles. The van der Waals surface area contributed by atoms with Gasteiger partial charge in [0.15, 0.2) is 17.0 Å². The fraction of sp³-hybridized carbons (Fsp3) is 0.333. The molecule has 0 radical (unpaired) electrons. The van der Waals surface area contributed by atoms with Gasteiger partial charge in [-0.15, -0.1) is 0 Å². The van der Waals surface area contributed by atoms with Crippen molar-refractivity contribution in [2.45, 2.75) is 43.1 Å². The highest BCUT2D eigenvalue weighted by molar-refractivity contribution is 9.10. The summed E-state index contributed by atoms with van der Waals surface area (Å²) >= 11 is 3.56. The molecule has 0 spiro atoms. The molecule has 3 saturated carbocycles. The average molecular weight is 599 g/mol. The zero-order valence-corrected chi connectivity index (χ0v) is 23.2. The van der Waals surface area contributed by atoms with Gasteiger partial charge in [0.25, 0.3) is 0 Å². The topological polar surface area (TPSA) is 125 Å². The van der Waals surface area contributed by atoms with Gasteiger partial charge >= 0.3 is 0 Å². The lowest BCUT2D eigenvalue weighted by atomic mass is 9.98. The first-order valence-electron chi connectivity index (χ1n) is 13.3. The van der Waals surface area contributed by atoms with Gasteiger partial charge in [0, 0.05) is 35.0 Å². The van der Waals surface area contributed by atoms with E-state index in [9.17, 15) is 15.0 Å². The maximum Gasteiger partial charge on any atom is 0.229 e. The number of aliphatic hydroxyl groups is 2. The van der Waals surface area contributed by atoms with E-state index >= 15 is 0 Å². The first-order chi connectivity index (χ1) is 19.4. The van der Waals surface area contributed by atoms with Crippen LogP contribution in [0.1, 0.15) is 41.8 Å². The number of benzene rings is 2. The highest BCUT2D eigenvalue weighted by Crippen LogP contribution is 2.67. The molecule has 2 aromatic carbocycles. The molecule has 0 saturated heterocycles. The molecule has 2 aromatic heterocycles. The van der Waals surface area contributed by atoms with Crippen molar-refractivity contribution in [1.82, 2.24) is 24.8 Å². The third-order valence-corrected chi connectivity index (χ3v) is 9.04. The number of rotatable bonds is 5. The number of nitrogens with one attached hydrogen (secondary N) is 2.